The monoisotopic (exact) mass is 337 g/mol. The van der Waals surface area contributed by atoms with Gasteiger partial charge in [0.05, 0.1) is 26.1 Å². The molecule has 1 aromatic carbocycles. The number of furan rings is 1. The van der Waals surface area contributed by atoms with Gasteiger partial charge in [-0.2, -0.15) is 0 Å². The van der Waals surface area contributed by atoms with Crippen molar-refractivity contribution in [3.05, 3.63) is 59.1 Å². The van der Waals surface area contributed by atoms with Crippen molar-refractivity contribution in [2.24, 2.45) is 0 Å². The van der Waals surface area contributed by atoms with Gasteiger partial charge in [0.1, 0.15) is 0 Å². The number of hydrogen-bond donors (Lipinski definition) is 0. The van der Waals surface area contributed by atoms with Crippen LogP contribution >= 0.6 is 0 Å². The van der Waals surface area contributed by atoms with Gasteiger partial charge >= 0.3 is 5.97 Å². The van der Waals surface area contributed by atoms with Gasteiger partial charge in [-0.05, 0) is 23.8 Å². The van der Waals surface area contributed by atoms with E-state index in [0.29, 0.717) is 37.4 Å². The van der Waals surface area contributed by atoms with Gasteiger partial charge < -0.3 is 13.9 Å². The molecule has 128 valence electrons. The third-order valence-electron chi connectivity index (χ3n) is 3.98. The Morgan fingerprint density at radius 2 is 2.17 bits per heavy atom. The predicted molar refractivity (Wildman–Crippen MR) is 80.4 cm³/mol. The third-order valence-corrected chi connectivity index (χ3v) is 3.98. The van der Waals surface area contributed by atoms with Crippen LogP contribution in [0.4, 0.5) is 8.78 Å². The maximum Gasteiger partial charge on any atom is 0.374 e. The molecule has 2 heterocycles. The molecule has 0 spiro atoms. The molecule has 1 fully saturated rings. The molecule has 0 amide bonds. The lowest BCUT2D eigenvalue weighted by Crippen LogP contribution is -2.38. The highest BCUT2D eigenvalue weighted by Gasteiger charge is 2.25. The quantitative estimate of drug-likeness (QED) is 0.803. The summed E-state index contributed by atoms with van der Waals surface area (Å²) >= 11 is 0. The van der Waals surface area contributed by atoms with Gasteiger partial charge in [0.15, 0.2) is 11.6 Å². The molecular formula is C17H17F2NO4. The molecule has 1 unspecified atom stereocenters. The Kier molecular flexibility index (Phi) is 4.92. The Bertz CT molecular complexity index is 731. The van der Waals surface area contributed by atoms with Gasteiger partial charge in [0.2, 0.25) is 5.76 Å². The van der Waals surface area contributed by atoms with E-state index in [1.807, 2.05) is 0 Å². The first-order valence-electron chi connectivity index (χ1n) is 7.52. The van der Waals surface area contributed by atoms with Gasteiger partial charge in [0, 0.05) is 25.2 Å². The number of rotatable bonds is 4. The highest BCUT2D eigenvalue weighted by Crippen LogP contribution is 2.25. The van der Waals surface area contributed by atoms with Crippen molar-refractivity contribution >= 4 is 5.97 Å². The lowest BCUT2D eigenvalue weighted by Gasteiger charge is -2.33. The number of methoxy groups -OCH3 is 1. The lowest BCUT2D eigenvalue weighted by molar-refractivity contribution is -0.0332. The van der Waals surface area contributed by atoms with Crippen LogP contribution in [0.5, 0.6) is 0 Å². The van der Waals surface area contributed by atoms with Crippen molar-refractivity contribution in [3.63, 3.8) is 0 Å². The fourth-order valence-corrected chi connectivity index (χ4v) is 2.73. The van der Waals surface area contributed by atoms with Crippen molar-refractivity contribution in [2.75, 3.05) is 26.8 Å². The summed E-state index contributed by atoms with van der Waals surface area (Å²) in [7, 11) is 1.29. The number of nitrogens with zero attached hydrogens (tertiary/aromatic N) is 1. The van der Waals surface area contributed by atoms with E-state index in [0.717, 1.165) is 12.1 Å². The average molecular weight is 337 g/mol. The van der Waals surface area contributed by atoms with E-state index in [9.17, 15) is 13.6 Å². The van der Waals surface area contributed by atoms with Gasteiger partial charge in [-0.3, -0.25) is 4.90 Å². The molecule has 0 bridgehead atoms. The molecule has 5 nitrogen and oxygen atoms in total. The molecule has 3 rings (SSSR count). The molecule has 1 aliphatic heterocycles. The number of carbonyl (C=O) groups is 1. The lowest BCUT2D eigenvalue weighted by atomic mass is 10.1. The smallest absolute Gasteiger partial charge is 0.374 e. The fourth-order valence-electron chi connectivity index (χ4n) is 2.73. The Hall–Kier alpha value is -2.25. The molecule has 0 radical (unpaired) electrons. The minimum atomic E-state index is -0.893. The minimum absolute atomic E-state index is 0.174. The fraction of sp³-hybridized carbons (Fsp3) is 0.353. The van der Waals surface area contributed by atoms with E-state index >= 15 is 0 Å². The van der Waals surface area contributed by atoms with Crippen LogP contribution in [-0.4, -0.2) is 37.7 Å². The average Bonchev–Trinajstić information content (AvgIpc) is 3.05. The molecule has 1 atom stereocenters. The standard InChI is InChI=1S/C17H17F2NO4/c1-22-17(21)16-12(4-6-24-16)9-20-5-7-23-15(10-20)11-2-3-13(18)14(19)8-11/h2-4,6,8,15H,5,7,9-10H2,1H3. The number of hydrogen-bond acceptors (Lipinski definition) is 5. The maximum absolute atomic E-state index is 13.4. The van der Waals surface area contributed by atoms with Gasteiger partial charge in [0.25, 0.3) is 0 Å². The Morgan fingerprint density at radius 3 is 2.92 bits per heavy atom. The van der Waals surface area contributed by atoms with Crippen LogP contribution in [0.15, 0.2) is 34.9 Å². The van der Waals surface area contributed by atoms with E-state index in [1.165, 1.54) is 19.4 Å². The Morgan fingerprint density at radius 1 is 1.33 bits per heavy atom. The first-order valence-corrected chi connectivity index (χ1v) is 7.52. The summed E-state index contributed by atoms with van der Waals surface area (Å²) in [6, 6.07) is 5.48. The molecule has 24 heavy (non-hydrogen) atoms. The second kappa shape index (κ2) is 7.11. The molecule has 0 N–H and O–H groups in total. The summed E-state index contributed by atoms with van der Waals surface area (Å²) in [5.41, 5.74) is 1.30. The molecule has 0 aliphatic carbocycles. The largest absolute Gasteiger partial charge is 0.463 e. The summed E-state index contributed by atoms with van der Waals surface area (Å²) in [4.78, 5) is 13.7. The molecule has 1 saturated heterocycles. The summed E-state index contributed by atoms with van der Waals surface area (Å²) in [6.45, 7) is 2.09. The van der Waals surface area contributed by atoms with Crippen LogP contribution in [0.1, 0.15) is 27.8 Å². The second-order valence-corrected chi connectivity index (χ2v) is 5.53. The molecule has 7 heteroatoms. The zero-order valence-electron chi connectivity index (χ0n) is 13.1. The minimum Gasteiger partial charge on any atom is -0.463 e. The van der Waals surface area contributed by atoms with Crippen LogP contribution in [0, 0.1) is 11.6 Å². The number of esters is 1. The van der Waals surface area contributed by atoms with Crippen molar-refractivity contribution in [1.29, 1.82) is 0 Å². The highest BCUT2D eigenvalue weighted by molar-refractivity contribution is 5.87. The Labute approximate surface area is 137 Å². The number of halogens is 2. The van der Waals surface area contributed by atoms with Crippen LogP contribution < -0.4 is 0 Å². The molecule has 1 aromatic heterocycles. The number of benzene rings is 1. The topological polar surface area (TPSA) is 51.9 Å². The first-order chi connectivity index (χ1) is 11.6. The molecule has 1 aliphatic rings. The summed E-state index contributed by atoms with van der Waals surface area (Å²) < 4.78 is 42.0. The molecule has 2 aromatic rings. The van der Waals surface area contributed by atoms with Crippen LogP contribution in [0.2, 0.25) is 0 Å². The molecule has 0 saturated carbocycles. The Balaban J connectivity index is 1.71. The van der Waals surface area contributed by atoms with Crippen molar-refractivity contribution in [1.82, 2.24) is 4.90 Å². The van der Waals surface area contributed by atoms with Gasteiger partial charge in [-0.15, -0.1) is 0 Å². The van der Waals surface area contributed by atoms with E-state index < -0.39 is 17.6 Å². The van der Waals surface area contributed by atoms with E-state index in [1.54, 1.807) is 6.07 Å². The van der Waals surface area contributed by atoms with Crippen molar-refractivity contribution < 1.29 is 27.5 Å². The summed E-state index contributed by atoms with van der Waals surface area (Å²) in [5, 5.41) is 0. The predicted octanol–water partition coefficient (Wildman–Crippen LogP) is 2.92. The van der Waals surface area contributed by atoms with Crippen molar-refractivity contribution in [2.45, 2.75) is 12.6 Å². The van der Waals surface area contributed by atoms with Crippen molar-refractivity contribution in [3.8, 4) is 0 Å². The van der Waals surface area contributed by atoms with E-state index in [4.69, 9.17) is 9.15 Å². The summed E-state index contributed by atoms with van der Waals surface area (Å²) in [6.07, 6.45) is 1.08. The molecular weight excluding hydrogens is 320 g/mol. The maximum atomic E-state index is 13.4. The van der Waals surface area contributed by atoms with Crippen LogP contribution in [-0.2, 0) is 16.0 Å². The van der Waals surface area contributed by atoms with Gasteiger partial charge in [-0.1, -0.05) is 6.07 Å². The number of carbonyl (C=O) groups excluding carboxylic acids is 1. The summed E-state index contributed by atoms with van der Waals surface area (Å²) in [5.74, 6) is -2.13. The van der Waals surface area contributed by atoms with E-state index in [2.05, 4.69) is 9.64 Å². The SMILES string of the molecule is COC(=O)c1occc1CN1CCOC(c2ccc(F)c(F)c2)C1. The normalized spacial score (nSPS) is 18.5. The number of morpholine rings is 1. The number of ether oxygens (including phenoxy) is 2. The zero-order chi connectivity index (χ0) is 17.1. The van der Waals surface area contributed by atoms with Crippen LogP contribution in [0.25, 0.3) is 0 Å². The first kappa shape index (κ1) is 16.6. The van der Waals surface area contributed by atoms with E-state index in [-0.39, 0.29) is 11.9 Å². The highest BCUT2D eigenvalue weighted by atomic mass is 19.2. The van der Waals surface area contributed by atoms with Gasteiger partial charge in [-0.25, -0.2) is 13.6 Å². The third kappa shape index (κ3) is 3.47. The van der Waals surface area contributed by atoms with Crippen LogP contribution in [0.3, 0.4) is 0 Å². The zero-order valence-corrected chi connectivity index (χ0v) is 13.1. The second-order valence-electron chi connectivity index (χ2n) is 5.53.